The van der Waals surface area contributed by atoms with E-state index < -0.39 is 0 Å². The number of hydrogen-bond donors (Lipinski definition) is 4. The second-order valence-corrected chi connectivity index (χ2v) is 40.1. The van der Waals surface area contributed by atoms with Crippen LogP contribution in [0.2, 0.25) is 20.1 Å². The van der Waals surface area contributed by atoms with E-state index in [1.165, 1.54) is 59.5 Å². The molecule has 20 rings (SSSR count). The number of amides is 4. The first-order chi connectivity index (χ1) is 69.2. The van der Waals surface area contributed by atoms with Crippen LogP contribution in [0, 0.1) is 5.41 Å². The van der Waals surface area contributed by atoms with Crippen LogP contribution in [-0.4, -0.2) is 214 Å². The maximum Gasteiger partial charge on any atom is 0.410 e. The van der Waals surface area contributed by atoms with E-state index >= 15 is 0 Å². The predicted octanol–water partition coefficient (Wildman–Crippen LogP) is 24.1. The second-order valence-electron chi connectivity index (χ2n) is 36.4. The van der Waals surface area contributed by atoms with Gasteiger partial charge in [-0.15, -0.1) is 23.2 Å². The van der Waals surface area contributed by atoms with Crippen LogP contribution < -0.4 is 18.9 Å². The molecule has 6 aromatic heterocycles. The summed E-state index contributed by atoms with van der Waals surface area (Å²) in [6.07, 6.45) is 11.4. The van der Waals surface area contributed by atoms with E-state index in [-0.39, 0.29) is 73.0 Å². The zero-order valence-electron chi connectivity index (χ0n) is 79.7. The van der Waals surface area contributed by atoms with Gasteiger partial charge in [-0.05, 0) is 222 Å². The van der Waals surface area contributed by atoms with Gasteiger partial charge in [-0.3, -0.25) is 29.0 Å². The molecule has 9 aromatic carbocycles. The Labute approximate surface area is 859 Å². The van der Waals surface area contributed by atoms with Crippen molar-refractivity contribution in [3.63, 3.8) is 0 Å². The maximum absolute atomic E-state index is 13.4. The van der Waals surface area contributed by atoms with E-state index in [2.05, 4.69) is 77.9 Å². The summed E-state index contributed by atoms with van der Waals surface area (Å²) in [4.78, 5) is 84.2. The van der Waals surface area contributed by atoms with E-state index in [1.54, 1.807) is 31.8 Å². The van der Waals surface area contributed by atoms with Gasteiger partial charge in [0.05, 0.1) is 45.5 Å². The number of thioether (sulfide) groups is 1. The molecule has 0 aliphatic carbocycles. The summed E-state index contributed by atoms with van der Waals surface area (Å²) < 4.78 is 49.5. The number of carbonyl (C=O) groups is 4. The number of hydrogen-bond acceptors (Lipinski definition) is 18. The van der Waals surface area contributed by atoms with Crippen LogP contribution in [0.5, 0.6) is 23.0 Å². The lowest BCUT2D eigenvalue weighted by molar-refractivity contribution is 0.0621. The highest BCUT2D eigenvalue weighted by molar-refractivity contribution is 7.99. The molecule has 4 atom stereocenters. The van der Waals surface area contributed by atoms with Crippen molar-refractivity contribution in [1.29, 1.82) is 0 Å². The van der Waals surface area contributed by atoms with Gasteiger partial charge in [-0.25, -0.2) is 29.1 Å². The van der Waals surface area contributed by atoms with Gasteiger partial charge in [-0.1, -0.05) is 146 Å². The Morgan fingerprint density at radius 2 is 0.725 bits per heavy atom. The number of rotatable bonds is 29. The van der Waals surface area contributed by atoms with Crippen LogP contribution in [0.15, 0.2) is 225 Å². The molecule has 0 spiro atoms. The summed E-state index contributed by atoms with van der Waals surface area (Å²) in [5.74, 6) is 6.46. The number of carbonyl (C=O) groups excluding carboxylic acids is 4. The standard InChI is InChI=1S/C30H28ClN5O3.C27H32ClN3O3S.C26H30Cl2N2O3.C25H25Cl2N5O3/c31-23-9-12-27-26(17-23)25-13-15-36(30(37)39-18-21-5-2-1-3-6-21)29(28(25)34-27)22-7-10-24(11-8-22)38-16-4-14-35-20-32-19-33-35;1-2-33-27(32)31-12-10-22-23-18-20(28)6-9-24(23)29-25(22)26(31)19-4-7-21(8-5-19)34-15-3-11-30-13-16-35-17-14-30;1-26(2,3)16-33-25(31)30-13-11-20-21-15-18(28)7-10-22(21)29-23(20)24(30)17-5-8-19(9-6-17)32-14-4-12-27;26-9-13-35-25(33)32-11-8-20-21-14-18(27)4-7-22(21)30-23(20)24(32)17-2-5-19(6-3-17)34-12-1-10-31-16-28-15-29-31/h1-3,5-12,17,19-20,29,34H,4,13-16,18H2;4-9,18,26,29H,2-3,10-17H2,1H3;5-10,15,24,29H,4,11-14,16H2,1-3H3;2-7,14-16,24,30H,1,8-13H2. The monoisotopic (exact) mass is 2060 g/mol. The molecule has 0 saturated carbocycles. The summed E-state index contributed by atoms with van der Waals surface area (Å²) in [7, 11) is 0. The molecule has 4 unspecified atom stereocenters. The van der Waals surface area contributed by atoms with Crippen LogP contribution >= 0.6 is 81.4 Å². The number of halogens is 6. The van der Waals surface area contributed by atoms with Crippen molar-refractivity contribution in [2.45, 2.75) is 123 Å². The third-order valence-electron chi connectivity index (χ3n) is 25.6. The van der Waals surface area contributed by atoms with Crippen LogP contribution in [0.25, 0.3) is 43.6 Å². The number of nitrogens with zero attached hydrogens (tertiary/aromatic N) is 11. The molecule has 4 N–H and O–H groups in total. The van der Waals surface area contributed by atoms with E-state index in [0.29, 0.717) is 105 Å². The number of fused-ring (bicyclic) bond motifs is 12. The molecule has 5 aliphatic rings. The number of H-pyrrole nitrogens is 4. The topological polar surface area (TPSA) is 283 Å². The first-order valence-corrected chi connectivity index (χ1v) is 51.9. The second kappa shape index (κ2) is 48.2. The molecule has 1 saturated heterocycles. The van der Waals surface area contributed by atoms with Gasteiger partial charge < -0.3 is 62.7 Å². The first-order valence-electron chi connectivity index (χ1n) is 48.2. The number of aromatic nitrogens is 10. The van der Waals surface area contributed by atoms with Crippen molar-refractivity contribution >= 4 is 149 Å². The zero-order valence-corrected chi connectivity index (χ0v) is 85.0. The molecule has 0 bridgehead atoms. The van der Waals surface area contributed by atoms with Gasteiger partial charge in [0.15, 0.2) is 0 Å². The average Bonchev–Trinajstić information content (AvgIpc) is 1.61. The average molecular weight is 2060 g/mol. The number of nitrogens with one attached hydrogen (secondary N) is 4. The predicted molar refractivity (Wildman–Crippen MR) is 560 cm³/mol. The van der Waals surface area contributed by atoms with Crippen LogP contribution in [0.1, 0.15) is 150 Å². The number of alkyl halides is 2. The summed E-state index contributed by atoms with van der Waals surface area (Å²) in [6, 6.07) is 63.7. The third-order valence-corrected chi connectivity index (χ3v) is 27.9. The number of ether oxygens (including phenoxy) is 8. The Kier molecular flexibility index (Phi) is 34.4. The summed E-state index contributed by atoms with van der Waals surface area (Å²) in [5.41, 5.74) is 17.6. The molecule has 34 heteroatoms. The fourth-order valence-electron chi connectivity index (χ4n) is 18.9. The highest BCUT2D eigenvalue weighted by atomic mass is 35.5. The molecule has 1 fully saturated rings. The van der Waals surface area contributed by atoms with E-state index in [4.69, 9.17) is 108 Å². The van der Waals surface area contributed by atoms with Crippen molar-refractivity contribution in [3.8, 4) is 23.0 Å². The fourth-order valence-corrected chi connectivity index (χ4v) is 20.7. The minimum atomic E-state index is -0.383. The largest absolute Gasteiger partial charge is 0.494 e. The number of aryl methyl sites for hydroxylation is 2. The minimum absolute atomic E-state index is 0.105. The SMILES string of the molecule is CC(C)(C)COC(=O)N1CCc2c([nH]c3ccc(Cl)cc23)C1c1ccc(OCCCCl)cc1.CCOC(=O)N1CCc2c([nH]c3ccc(Cl)cc23)C1c1ccc(OCCCN2CCSCC2)cc1.O=C(OCCCl)N1CCc2c([nH]c3ccc(Cl)cc23)C1c1ccc(OCCCn2cncn2)cc1.O=C(OCc1ccccc1)N1CCc2c([nH]c3ccc(Cl)cc23)C1c1ccc(OCCCn2cncn2)cc1. The number of benzene rings is 9. The van der Waals surface area contributed by atoms with Crippen LogP contribution in [0.3, 0.4) is 0 Å². The zero-order chi connectivity index (χ0) is 98.6. The highest BCUT2D eigenvalue weighted by Gasteiger charge is 2.41. The van der Waals surface area contributed by atoms with Crippen molar-refractivity contribution in [2.24, 2.45) is 5.41 Å². The summed E-state index contributed by atoms with van der Waals surface area (Å²) >= 11 is 38.7. The fraction of sp³-hybridized carbons (Fsp3) is 0.352. The van der Waals surface area contributed by atoms with Crippen LogP contribution in [0.4, 0.5) is 19.2 Å². The quantitative estimate of drug-likeness (QED) is 0.0192. The molecule has 142 heavy (non-hydrogen) atoms. The van der Waals surface area contributed by atoms with Crippen molar-refractivity contribution in [1.82, 2.24) is 74.0 Å². The Balaban J connectivity index is 0.000000130. The lowest BCUT2D eigenvalue weighted by Gasteiger charge is -2.36. The van der Waals surface area contributed by atoms with E-state index in [0.717, 1.165) is 175 Å². The van der Waals surface area contributed by atoms with Gasteiger partial charge in [0.2, 0.25) is 0 Å². The Bertz CT molecular complexity index is 6720. The van der Waals surface area contributed by atoms with Crippen LogP contribution in [-0.2, 0) is 64.3 Å². The van der Waals surface area contributed by atoms with Crippen molar-refractivity contribution in [3.05, 3.63) is 318 Å². The normalized spacial score (nSPS) is 16.1. The molecule has 27 nitrogen and oxygen atoms in total. The Morgan fingerprint density at radius 3 is 1.06 bits per heavy atom. The smallest absolute Gasteiger partial charge is 0.410 e. The van der Waals surface area contributed by atoms with Gasteiger partial charge in [-0.2, -0.15) is 22.0 Å². The highest BCUT2D eigenvalue weighted by Crippen LogP contribution is 2.46. The Morgan fingerprint density at radius 1 is 0.387 bits per heavy atom. The molecule has 0 radical (unpaired) electrons. The molecular formula is C108H115Cl6N15O12S. The van der Waals surface area contributed by atoms with Crippen molar-refractivity contribution < 1.29 is 57.1 Å². The molecule has 4 amide bonds. The van der Waals surface area contributed by atoms with Gasteiger partial charge in [0.25, 0.3) is 0 Å². The molecule has 742 valence electrons. The van der Waals surface area contributed by atoms with Gasteiger partial charge >= 0.3 is 24.4 Å². The Hall–Kier alpha value is -12.3. The lowest BCUT2D eigenvalue weighted by atomic mass is 9.92. The van der Waals surface area contributed by atoms with Gasteiger partial charge in [0.1, 0.15) is 85.7 Å². The molecule has 5 aliphatic heterocycles. The maximum atomic E-state index is 13.4. The molecular weight excluding hydrogens is 1940 g/mol. The lowest BCUT2D eigenvalue weighted by Crippen LogP contribution is -2.41. The summed E-state index contributed by atoms with van der Waals surface area (Å²) in [6.45, 7) is 18.6. The van der Waals surface area contributed by atoms with E-state index in [1.807, 2.05) is 217 Å². The number of aromatic amines is 4. The minimum Gasteiger partial charge on any atom is -0.494 e. The summed E-state index contributed by atoms with van der Waals surface area (Å²) in [5, 5.41) is 15.4. The third kappa shape index (κ3) is 25.1. The molecule has 11 heterocycles. The van der Waals surface area contributed by atoms with Gasteiger partial charge in [0, 0.05) is 176 Å². The first kappa shape index (κ1) is 101. The van der Waals surface area contributed by atoms with Crippen molar-refractivity contribution in [2.75, 3.05) is 115 Å². The van der Waals surface area contributed by atoms with E-state index in [9.17, 15) is 19.2 Å². The molecule has 15 aromatic rings.